The number of carbonyl (C=O) groups is 1. The molecule has 1 amide bonds. The van der Waals surface area contributed by atoms with Crippen molar-refractivity contribution < 1.29 is 4.79 Å². The molecule has 0 aliphatic carbocycles. The van der Waals surface area contributed by atoms with E-state index in [4.69, 9.17) is 28.5 Å². The Hall–Kier alpha value is -2.02. The predicted octanol–water partition coefficient (Wildman–Crippen LogP) is 3.80. The van der Waals surface area contributed by atoms with E-state index < -0.39 is 0 Å². The lowest BCUT2D eigenvalue weighted by Gasteiger charge is -2.06. The standard InChI is InChI=1S/C15H10Cl2N2O/c16-13-5-12(6-14(17)7-13)15(20)19-9-11-3-1-10(8-18)2-4-11/h1-7H,9H2,(H,19,20). The van der Waals surface area contributed by atoms with E-state index in [2.05, 4.69) is 5.32 Å². The lowest BCUT2D eigenvalue weighted by molar-refractivity contribution is 0.0951. The first kappa shape index (κ1) is 14.4. The Kier molecular flexibility index (Phi) is 4.62. The van der Waals surface area contributed by atoms with Crippen LogP contribution in [-0.2, 0) is 6.54 Å². The molecule has 0 radical (unpaired) electrons. The lowest BCUT2D eigenvalue weighted by atomic mass is 10.1. The fourth-order valence-electron chi connectivity index (χ4n) is 1.67. The average molecular weight is 305 g/mol. The summed E-state index contributed by atoms with van der Waals surface area (Å²) in [5.74, 6) is -0.251. The molecule has 0 fully saturated rings. The van der Waals surface area contributed by atoms with Crippen LogP contribution in [0.4, 0.5) is 0 Å². The van der Waals surface area contributed by atoms with E-state index in [1.807, 2.05) is 6.07 Å². The number of benzene rings is 2. The maximum absolute atomic E-state index is 12.0. The van der Waals surface area contributed by atoms with Crippen LogP contribution in [0.5, 0.6) is 0 Å². The minimum Gasteiger partial charge on any atom is -0.348 e. The van der Waals surface area contributed by atoms with E-state index >= 15 is 0 Å². The highest BCUT2D eigenvalue weighted by atomic mass is 35.5. The Labute approximate surface area is 126 Å². The normalized spacial score (nSPS) is 9.85. The topological polar surface area (TPSA) is 52.9 Å². The molecule has 0 bridgehead atoms. The number of nitriles is 1. The second-order valence-corrected chi connectivity index (χ2v) is 5.02. The molecule has 0 spiro atoms. The number of rotatable bonds is 3. The summed E-state index contributed by atoms with van der Waals surface area (Å²) >= 11 is 11.7. The molecule has 0 aromatic heterocycles. The molecule has 2 rings (SSSR count). The summed E-state index contributed by atoms with van der Waals surface area (Å²) in [5, 5.41) is 12.3. The summed E-state index contributed by atoms with van der Waals surface area (Å²) in [7, 11) is 0. The third-order valence-corrected chi connectivity index (χ3v) is 3.10. The van der Waals surface area contributed by atoms with Crippen molar-refractivity contribution in [3.63, 3.8) is 0 Å². The van der Waals surface area contributed by atoms with Gasteiger partial charge in [0.2, 0.25) is 0 Å². The van der Waals surface area contributed by atoms with Crippen molar-refractivity contribution in [2.75, 3.05) is 0 Å². The zero-order valence-corrected chi connectivity index (χ0v) is 11.9. The summed E-state index contributed by atoms with van der Waals surface area (Å²) in [6.45, 7) is 0.370. The molecule has 0 saturated heterocycles. The van der Waals surface area contributed by atoms with Crippen LogP contribution in [0.15, 0.2) is 42.5 Å². The average Bonchev–Trinajstić information content (AvgIpc) is 2.44. The first-order valence-corrected chi connectivity index (χ1v) is 6.57. The number of nitrogens with zero attached hydrogens (tertiary/aromatic N) is 1. The molecule has 100 valence electrons. The first-order chi connectivity index (χ1) is 9.58. The molecule has 2 aromatic carbocycles. The molecule has 0 aliphatic rings. The van der Waals surface area contributed by atoms with Crippen molar-refractivity contribution >= 4 is 29.1 Å². The second kappa shape index (κ2) is 6.42. The van der Waals surface area contributed by atoms with Crippen LogP contribution in [0, 0.1) is 11.3 Å². The maximum atomic E-state index is 12.0. The SMILES string of the molecule is N#Cc1ccc(CNC(=O)c2cc(Cl)cc(Cl)c2)cc1. The fraction of sp³-hybridized carbons (Fsp3) is 0.0667. The Morgan fingerprint density at radius 2 is 1.70 bits per heavy atom. The highest BCUT2D eigenvalue weighted by Crippen LogP contribution is 2.19. The summed E-state index contributed by atoms with van der Waals surface area (Å²) in [4.78, 5) is 12.0. The van der Waals surface area contributed by atoms with Gasteiger partial charge in [0.25, 0.3) is 5.91 Å². The van der Waals surface area contributed by atoms with Crippen molar-refractivity contribution in [2.24, 2.45) is 0 Å². The zero-order valence-electron chi connectivity index (χ0n) is 10.4. The third kappa shape index (κ3) is 3.74. The highest BCUT2D eigenvalue weighted by molar-refractivity contribution is 6.35. The number of carbonyl (C=O) groups excluding carboxylic acids is 1. The fourth-order valence-corrected chi connectivity index (χ4v) is 2.19. The van der Waals surface area contributed by atoms with Gasteiger partial charge in [-0.1, -0.05) is 35.3 Å². The smallest absolute Gasteiger partial charge is 0.251 e. The largest absolute Gasteiger partial charge is 0.348 e. The van der Waals surface area contributed by atoms with Crippen LogP contribution in [-0.4, -0.2) is 5.91 Å². The molecule has 0 saturated carbocycles. The second-order valence-electron chi connectivity index (χ2n) is 4.15. The van der Waals surface area contributed by atoms with E-state index in [1.165, 1.54) is 0 Å². The molecule has 3 nitrogen and oxygen atoms in total. The molecular formula is C15H10Cl2N2O. The van der Waals surface area contributed by atoms with Gasteiger partial charge in [0.1, 0.15) is 0 Å². The van der Waals surface area contributed by atoms with Crippen molar-refractivity contribution in [2.45, 2.75) is 6.54 Å². The van der Waals surface area contributed by atoms with Crippen LogP contribution in [0.25, 0.3) is 0 Å². The Morgan fingerprint density at radius 1 is 1.10 bits per heavy atom. The molecule has 0 aliphatic heterocycles. The maximum Gasteiger partial charge on any atom is 0.251 e. The number of amides is 1. The molecule has 5 heteroatoms. The quantitative estimate of drug-likeness (QED) is 0.938. The van der Waals surface area contributed by atoms with Gasteiger partial charge in [-0.15, -0.1) is 0 Å². The van der Waals surface area contributed by atoms with Crippen LogP contribution in [0.2, 0.25) is 10.0 Å². The van der Waals surface area contributed by atoms with Gasteiger partial charge < -0.3 is 5.32 Å². The highest BCUT2D eigenvalue weighted by Gasteiger charge is 2.07. The van der Waals surface area contributed by atoms with Crippen LogP contribution in [0.3, 0.4) is 0 Å². The summed E-state index contributed by atoms with van der Waals surface area (Å²) in [5.41, 5.74) is 1.91. The van der Waals surface area contributed by atoms with Crippen molar-refractivity contribution in [3.05, 3.63) is 69.2 Å². The summed E-state index contributed by atoms with van der Waals surface area (Å²) in [6, 6.07) is 13.7. The van der Waals surface area contributed by atoms with Gasteiger partial charge in [0.05, 0.1) is 11.6 Å². The predicted molar refractivity (Wildman–Crippen MR) is 78.8 cm³/mol. The Balaban J connectivity index is 2.02. The van der Waals surface area contributed by atoms with Gasteiger partial charge >= 0.3 is 0 Å². The summed E-state index contributed by atoms with van der Waals surface area (Å²) < 4.78 is 0. The van der Waals surface area contributed by atoms with Crippen LogP contribution in [0.1, 0.15) is 21.5 Å². The van der Waals surface area contributed by atoms with Crippen molar-refractivity contribution in [1.29, 1.82) is 5.26 Å². The van der Waals surface area contributed by atoms with Gasteiger partial charge in [-0.3, -0.25) is 4.79 Å². The van der Waals surface area contributed by atoms with Crippen LogP contribution >= 0.6 is 23.2 Å². The molecule has 2 aromatic rings. The first-order valence-electron chi connectivity index (χ1n) is 5.82. The van der Waals surface area contributed by atoms with E-state index in [1.54, 1.807) is 42.5 Å². The zero-order chi connectivity index (χ0) is 14.5. The monoisotopic (exact) mass is 304 g/mol. The minimum atomic E-state index is -0.251. The van der Waals surface area contributed by atoms with Crippen molar-refractivity contribution in [3.8, 4) is 6.07 Å². The van der Waals surface area contributed by atoms with Gasteiger partial charge in [-0.2, -0.15) is 5.26 Å². The van der Waals surface area contributed by atoms with Gasteiger partial charge in [0.15, 0.2) is 0 Å². The molecule has 0 unspecified atom stereocenters. The molecule has 0 heterocycles. The van der Waals surface area contributed by atoms with E-state index in [0.717, 1.165) is 5.56 Å². The van der Waals surface area contributed by atoms with Gasteiger partial charge in [-0.05, 0) is 35.9 Å². The number of nitrogens with one attached hydrogen (secondary N) is 1. The lowest BCUT2D eigenvalue weighted by Crippen LogP contribution is -2.22. The molecular weight excluding hydrogens is 295 g/mol. The van der Waals surface area contributed by atoms with Gasteiger partial charge in [-0.25, -0.2) is 0 Å². The van der Waals surface area contributed by atoms with Crippen LogP contribution < -0.4 is 5.32 Å². The Morgan fingerprint density at radius 3 is 2.25 bits per heavy atom. The number of hydrogen-bond acceptors (Lipinski definition) is 2. The number of hydrogen-bond donors (Lipinski definition) is 1. The van der Waals surface area contributed by atoms with E-state index in [9.17, 15) is 4.79 Å². The number of halogens is 2. The van der Waals surface area contributed by atoms with Gasteiger partial charge in [0, 0.05) is 22.2 Å². The van der Waals surface area contributed by atoms with Crippen molar-refractivity contribution in [1.82, 2.24) is 5.32 Å². The Bertz CT molecular complexity index is 655. The third-order valence-electron chi connectivity index (χ3n) is 2.66. The molecule has 20 heavy (non-hydrogen) atoms. The molecule has 1 N–H and O–H groups in total. The summed E-state index contributed by atoms with van der Waals surface area (Å²) in [6.07, 6.45) is 0. The van der Waals surface area contributed by atoms with E-state index in [-0.39, 0.29) is 5.91 Å². The molecule has 0 atom stereocenters. The van der Waals surface area contributed by atoms with E-state index in [0.29, 0.717) is 27.7 Å². The minimum absolute atomic E-state index is 0.251.